The van der Waals surface area contributed by atoms with Gasteiger partial charge in [0.05, 0.1) is 18.1 Å². The van der Waals surface area contributed by atoms with Gasteiger partial charge in [-0.2, -0.15) is 4.31 Å². The highest BCUT2D eigenvalue weighted by molar-refractivity contribution is 7.89. The van der Waals surface area contributed by atoms with Crippen LogP contribution in [0.3, 0.4) is 0 Å². The van der Waals surface area contributed by atoms with Crippen molar-refractivity contribution in [3.8, 4) is 0 Å². The number of aryl methyl sites for hydroxylation is 1. The molecule has 0 aliphatic carbocycles. The Kier molecular flexibility index (Phi) is 7.38. The van der Waals surface area contributed by atoms with Gasteiger partial charge < -0.3 is 15.4 Å². The molecule has 0 amide bonds. The second-order valence-electron chi connectivity index (χ2n) is 6.51. The van der Waals surface area contributed by atoms with Gasteiger partial charge in [-0.15, -0.1) is 0 Å². The SMILES string of the molecule is O=S(=O)(c1ccc(NC(=S)NCCCc2ccccc2)cc1)N1CCOCC1. The van der Waals surface area contributed by atoms with Crippen molar-refractivity contribution < 1.29 is 13.2 Å². The second kappa shape index (κ2) is 9.97. The fourth-order valence-electron chi connectivity index (χ4n) is 2.96. The van der Waals surface area contributed by atoms with Crippen molar-refractivity contribution in [2.24, 2.45) is 0 Å². The lowest BCUT2D eigenvalue weighted by Gasteiger charge is -2.26. The number of nitrogens with zero attached hydrogens (tertiary/aromatic N) is 1. The maximum Gasteiger partial charge on any atom is 0.243 e. The molecule has 0 unspecified atom stereocenters. The summed E-state index contributed by atoms with van der Waals surface area (Å²) in [7, 11) is -3.47. The highest BCUT2D eigenvalue weighted by Gasteiger charge is 2.26. The predicted octanol–water partition coefficient (Wildman–Crippen LogP) is 2.63. The molecule has 2 aromatic carbocycles. The maximum atomic E-state index is 12.6. The van der Waals surface area contributed by atoms with E-state index < -0.39 is 10.0 Å². The third-order valence-electron chi connectivity index (χ3n) is 4.49. The number of anilines is 1. The van der Waals surface area contributed by atoms with Crippen molar-refractivity contribution in [2.45, 2.75) is 17.7 Å². The van der Waals surface area contributed by atoms with Crippen molar-refractivity contribution in [2.75, 3.05) is 38.2 Å². The quantitative estimate of drug-likeness (QED) is 0.531. The molecule has 150 valence electrons. The van der Waals surface area contributed by atoms with Gasteiger partial charge in [0.25, 0.3) is 0 Å². The Morgan fingerprint density at radius 1 is 1.04 bits per heavy atom. The monoisotopic (exact) mass is 419 g/mol. The molecule has 28 heavy (non-hydrogen) atoms. The van der Waals surface area contributed by atoms with Gasteiger partial charge in [0.15, 0.2) is 5.11 Å². The molecule has 1 saturated heterocycles. The van der Waals surface area contributed by atoms with Gasteiger partial charge in [-0.1, -0.05) is 30.3 Å². The maximum absolute atomic E-state index is 12.6. The summed E-state index contributed by atoms with van der Waals surface area (Å²) < 4.78 is 31.9. The van der Waals surface area contributed by atoms with E-state index in [1.54, 1.807) is 24.3 Å². The van der Waals surface area contributed by atoms with Gasteiger partial charge in [-0.05, 0) is 54.9 Å². The molecule has 6 nitrogen and oxygen atoms in total. The molecule has 0 saturated carbocycles. The highest BCUT2D eigenvalue weighted by atomic mass is 32.2. The highest BCUT2D eigenvalue weighted by Crippen LogP contribution is 2.19. The third kappa shape index (κ3) is 5.75. The third-order valence-corrected chi connectivity index (χ3v) is 6.65. The Morgan fingerprint density at radius 2 is 1.71 bits per heavy atom. The summed E-state index contributed by atoms with van der Waals surface area (Å²) in [5.74, 6) is 0. The molecule has 2 aromatic rings. The van der Waals surface area contributed by atoms with Crippen LogP contribution in [0, 0.1) is 0 Å². The van der Waals surface area contributed by atoms with Crippen LogP contribution in [0.25, 0.3) is 0 Å². The lowest BCUT2D eigenvalue weighted by molar-refractivity contribution is 0.0730. The van der Waals surface area contributed by atoms with Gasteiger partial charge >= 0.3 is 0 Å². The largest absolute Gasteiger partial charge is 0.379 e. The standard InChI is InChI=1S/C20H25N3O3S2/c24-28(25,23-13-15-26-16-14-23)19-10-8-18(9-11-19)22-20(27)21-12-4-7-17-5-2-1-3-6-17/h1-3,5-6,8-11H,4,7,12-16H2,(H2,21,22,27). The van der Waals surface area contributed by atoms with E-state index in [2.05, 4.69) is 22.8 Å². The van der Waals surface area contributed by atoms with Crippen LogP contribution in [-0.2, 0) is 21.2 Å². The molecule has 3 rings (SSSR count). The van der Waals surface area contributed by atoms with Crippen LogP contribution in [0.4, 0.5) is 5.69 Å². The zero-order valence-corrected chi connectivity index (χ0v) is 17.3. The molecular weight excluding hydrogens is 394 g/mol. The lowest BCUT2D eigenvalue weighted by Crippen LogP contribution is -2.40. The van der Waals surface area contributed by atoms with Crippen molar-refractivity contribution in [1.29, 1.82) is 0 Å². The molecule has 1 aliphatic rings. The van der Waals surface area contributed by atoms with E-state index in [0.717, 1.165) is 25.1 Å². The number of benzene rings is 2. The van der Waals surface area contributed by atoms with Crippen LogP contribution in [0.5, 0.6) is 0 Å². The number of morpholine rings is 1. The van der Waals surface area contributed by atoms with Gasteiger partial charge in [0.1, 0.15) is 0 Å². The number of hydrogen-bond donors (Lipinski definition) is 2. The molecule has 1 fully saturated rings. The molecule has 0 spiro atoms. The van der Waals surface area contributed by atoms with E-state index in [4.69, 9.17) is 17.0 Å². The summed E-state index contributed by atoms with van der Waals surface area (Å²) in [5.41, 5.74) is 2.06. The number of rotatable bonds is 7. The molecule has 0 bridgehead atoms. The number of sulfonamides is 1. The summed E-state index contributed by atoms with van der Waals surface area (Å²) in [6.45, 7) is 2.41. The van der Waals surface area contributed by atoms with E-state index in [1.165, 1.54) is 9.87 Å². The topological polar surface area (TPSA) is 70.7 Å². The van der Waals surface area contributed by atoms with Gasteiger partial charge in [-0.25, -0.2) is 8.42 Å². The number of thiocarbonyl (C=S) groups is 1. The van der Waals surface area contributed by atoms with Gasteiger partial charge in [-0.3, -0.25) is 0 Å². The smallest absolute Gasteiger partial charge is 0.243 e. The van der Waals surface area contributed by atoms with Gasteiger partial charge in [0, 0.05) is 25.3 Å². The summed E-state index contributed by atoms with van der Waals surface area (Å²) in [6.07, 6.45) is 1.97. The normalized spacial score (nSPS) is 15.1. The summed E-state index contributed by atoms with van der Waals surface area (Å²) >= 11 is 5.31. The minimum absolute atomic E-state index is 0.279. The molecular formula is C20H25N3O3S2. The number of ether oxygens (including phenoxy) is 1. The molecule has 8 heteroatoms. The first-order valence-corrected chi connectivity index (χ1v) is 11.2. The first kappa shape index (κ1) is 20.7. The zero-order valence-electron chi connectivity index (χ0n) is 15.6. The van der Waals surface area contributed by atoms with Crippen LogP contribution in [0.2, 0.25) is 0 Å². The Bertz CT molecular complexity index is 865. The zero-order chi connectivity index (χ0) is 19.8. The summed E-state index contributed by atoms with van der Waals surface area (Å²) in [5, 5.41) is 6.79. The fraction of sp³-hybridized carbons (Fsp3) is 0.350. The van der Waals surface area contributed by atoms with Crippen molar-refractivity contribution in [3.05, 3.63) is 60.2 Å². The first-order chi connectivity index (χ1) is 13.6. The van der Waals surface area contributed by atoms with E-state index in [-0.39, 0.29) is 4.90 Å². The average Bonchev–Trinajstić information content (AvgIpc) is 2.73. The lowest BCUT2D eigenvalue weighted by atomic mass is 10.1. The minimum atomic E-state index is -3.47. The van der Waals surface area contributed by atoms with Crippen LogP contribution in [0.15, 0.2) is 59.5 Å². The Hall–Kier alpha value is -2.00. The fourth-order valence-corrected chi connectivity index (χ4v) is 4.59. The molecule has 2 N–H and O–H groups in total. The van der Waals surface area contributed by atoms with Gasteiger partial charge in [0.2, 0.25) is 10.0 Å². The molecule has 1 heterocycles. The number of hydrogen-bond acceptors (Lipinski definition) is 4. The predicted molar refractivity (Wildman–Crippen MR) is 115 cm³/mol. The Morgan fingerprint density at radius 3 is 2.39 bits per heavy atom. The van der Waals surface area contributed by atoms with Crippen molar-refractivity contribution in [1.82, 2.24) is 9.62 Å². The summed E-state index contributed by atoms with van der Waals surface area (Å²) in [4.78, 5) is 0.279. The van der Waals surface area contributed by atoms with Crippen LogP contribution < -0.4 is 10.6 Å². The van der Waals surface area contributed by atoms with E-state index >= 15 is 0 Å². The second-order valence-corrected chi connectivity index (χ2v) is 8.86. The minimum Gasteiger partial charge on any atom is -0.379 e. The van der Waals surface area contributed by atoms with E-state index in [9.17, 15) is 8.42 Å². The van der Waals surface area contributed by atoms with E-state index in [0.29, 0.717) is 31.4 Å². The molecule has 0 radical (unpaired) electrons. The van der Waals surface area contributed by atoms with E-state index in [1.807, 2.05) is 18.2 Å². The number of nitrogens with one attached hydrogen (secondary N) is 2. The Labute approximate surface area is 171 Å². The Balaban J connectivity index is 1.46. The van der Waals surface area contributed by atoms with Crippen molar-refractivity contribution >= 4 is 33.0 Å². The van der Waals surface area contributed by atoms with Crippen LogP contribution in [0.1, 0.15) is 12.0 Å². The molecule has 0 aromatic heterocycles. The van der Waals surface area contributed by atoms with Crippen LogP contribution >= 0.6 is 12.2 Å². The van der Waals surface area contributed by atoms with Crippen LogP contribution in [-0.4, -0.2) is 50.7 Å². The van der Waals surface area contributed by atoms with Crippen molar-refractivity contribution in [3.63, 3.8) is 0 Å². The summed E-state index contributed by atoms with van der Waals surface area (Å²) in [6, 6.07) is 17.0. The first-order valence-electron chi connectivity index (χ1n) is 9.32. The molecule has 1 aliphatic heterocycles. The molecule has 0 atom stereocenters. The average molecular weight is 420 g/mol.